The summed E-state index contributed by atoms with van der Waals surface area (Å²) in [7, 11) is 0. The standard InChI is InChI=1S/C20H19ClFN3O/c21-17-5-1-16(2-6-17)20-13-24(11-12-26-20)14-25-10-9-19(23-25)15-3-7-18(22)8-4-15/h1-10,20H,11-14H2. The SMILES string of the molecule is Fc1ccc(-c2ccn(CN3CCOC(c4ccc(Cl)cc4)C3)n2)cc1. The maximum Gasteiger partial charge on any atom is 0.123 e. The van der Waals surface area contributed by atoms with E-state index in [9.17, 15) is 4.39 Å². The van der Waals surface area contributed by atoms with E-state index in [0.717, 1.165) is 34.9 Å². The van der Waals surface area contributed by atoms with E-state index < -0.39 is 0 Å². The molecule has 0 spiro atoms. The van der Waals surface area contributed by atoms with Crippen molar-refractivity contribution in [1.82, 2.24) is 14.7 Å². The number of benzene rings is 2. The fourth-order valence-corrected chi connectivity index (χ4v) is 3.26. The molecule has 26 heavy (non-hydrogen) atoms. The minimum absolute atomic E-state index is 0.0353. The van der Waals surface area contributed by atoms with Crippen molar-refractivity contribution in [2.45, 2.75) is 12.8 Å². The lowest BCUT2D eigenvalue weighted by Gasteiger charge is -2.33. The van der Waals surface area contributed by atoms with Crippen molar-refractivity contribution in [3.8, 4) is 11.3 Å². The second-order valence-electron chi connectivity index (χ2n) is 6.38. The molecule has 1 atom stereocenters. The zero-order valence-electron chi connectivity index (χ0n) is 14.2. The van der Waals surface area contributed by atoms with Crippen LogP contribution in [-0.4, -0.2) is 34.4 Å². The average Bonchev–Trinajstić information content (AvgIpc) is 3.11. The molecule has 1 aromatic heterocycles. The van der Waals surface area contributed by atoms with Gasteiger partial charge in [-0.1, -0.05) is 23.7 Å². The maximum atomic E-state index is 13.1. The molecule has 4 nitrogen and oxygen atoms in total. The molecule has 2 aromatic carbocycles. The summed E-state index contributed by atoms with van der Waals surface area (Å²) in [6, 6.07) is 16.1. The van der Waals surface area contributed by atoms with Crippen LogP contribution in [0, 0.1) is 5.82 Å². The van der Waals surface area contributed by atoms with Gasteiger partial charge in [0.1, 0.15) is 5.82 Å². The Balaban J connectivity index is 1.42. The Bertz CT molecular complexity index is 864. The fourth-order valence-electron chi connectivity index (χ4n) is 3.13. The van der Waals surface area contributed by atoms with Gasteiger partial charge in [-0.05, 0) is 48.0 Å². The maximum absolute atomic E-state index is 13.1. The first kappa shape index (κ1) is 17.2. The Hall–Kier alpha value is -2.21. The molecule has 0 saturated carbocycles. The molecule has 1 saturated heterocycles. The third-order valence-corrected chi connectivity index (χ3v) is 4.77. The molecule has 1 fully saturated rings. The monoisotopic (exact) mass is 371 g/mol. The lowest BCUT2D eigenvalue weighted by molar-refractivity contribution is -0.0416. The van der Waals surface area contributed by atoms with Gasteiger partial charge in [-0.15, -0.1) is 0 Å². The molecule has 0 bridgehead atoms. The number of aromatic nitrogens is 2. The molecular formula is C20H19ClFN3O. The Labute approximate surface area is 156 Å². The van der Waals surface area contributed by atoms with Gasteiger partial charge in [0.25, 0.3) is 0 Å². The highest BCUT2D eigenvalue weighted by molar-refractivity contribution is 6.30. The Morgan fingerprint density at radius 2 is 1.85 bits per heavy atom. The molecule has 3 aromatic rings. The van der Waals surface area contributed by atoms with Crippen molar-refractivity contribution < 1.29 is 9.13 Å². The van der Waals surface area contributed by atoms with Gasteiger partial charge in [-0.2, -0.15) is 5.10 Å². The summed E-state index contributed by atoms with van der Waals surface area (Å²) in [4.78, 5) is 2.31. The van der Waals surface area contributed by atoms with Crippen LogP contribution in [0.4, 0.5) is 4.39 Å². The van der Waals surface area contributed by atoms with Crippen LogP contribution in [-0.2, 0) is 11.4 Å². The summed E-state index contributed by atoms with van der Waals surface area (Å²) in [5.74, 6) is -0.241. The van der Waals surface area contributed by atoms with Crippen LogP contribution < -0.4 is 0 Å². The summed E-state index contributed by atoms with van der Waals surface area (Å²) in [6.45, 7) is 3.03. The molecule has 0 N–H and O–H groups in total. The molecular weight excluding hydrogens is 353 g/mol. The minimum Gasteiger partial charge on any atom is -0.371 e. The van der Waals surface area contributed by atoms with Crippen molar-refractivity contribution in [2.24, 2.45) is 0 Å². The van der Waals surface area contributed by atoms with Crippen LogP contribution in [0.25, 0.3) is 11.3 Å². The number of hydrogen-bond acceptors (Lipinski definition) is 3. The van der Waals surface area contributed by atoms with E-state index in [0.29, 0.717) is 13.3 Å². The van der Waals surface area contributed by atoms with E-state index in [1.165, 1.54) is 12.1 Å². The molecule has 134 valence electrons. The molecule has 1 aliphatic rings. The van der Waals surface area contributed by atoms with E-state index in [1.807, 2.05) is 41.2 Å². The van der Waals surface area contributed by atoms with Crippen LogP contribution in [0.15, 0.2) is 60.8 Å². The number of ether oxygens (including phenoxy) is 1. The fraction of sp³-hybridized carbons (Fsp3) is 0.250. The van der Waals surface area contributed by atoms with Crippen molar-refractivity contribution in [3.63, 3.8) is 0 Å². The molecule has 4 rings (SSSR count). The van der Waals surface area contributed by atoms with Gasteiger partial charge < -0.3 is 4.74 Å². The quantitative estimate of drug-likeness (QED) is 0.682. The second kappa shape index (κ2) is 7.58. The van der Waals surface area contributed by atoms with Crippen LogP contribution in [0.2, 0.25) is 5.02 Å². The molecule has 1 unspecified atom stereocenters. The minimum atomic E-state index is -0.241. The van der Waals surface area contributed by atoms with E-state index in [4.69, 9.17) is 16.3 Å². The number of hydrogen-bond donors (Lipinski definition) is 0. The third kappa shape index (κ3) is 3.96. The number of nitrogens with zero attached hydrogens (tertiary/aromatic N) is 3. The van der Waals surface area contributed by atoms with Crippen molar-refractivity contribution >= 4 is 11.6 Å². The summed E-state index contributed by atoms with van der Waals surface area (Å²) < 4.78 is 20.9. The highest BCUT2D eigenvalue weighted by Gasteiger charge is 2.22. The number of rotatable bonds is 4. The van der Waals surface area contributed by atoms with Crippen molar-refractivity contribution in [2.75, 3.05) is 19.7 Å². The van der Waals surface area contributed by atoms with Crippen molar-refractivity contribution in [1.29, 1.82) is 0 Å². The van der Waals surface area contributed by atoms with E-state index in [2.05, 4.69) is 10.00 Å². The molecule has 0 aliphatic carbocycles. The molecule has 1 aliphatic heterocycles. The van der Waals surface area contributed by atoms with Crippen molar-refractivity contribution in [3.05, 3.63) is 77.2 Å². The third-order valence-electron chi connectivity index (χ3n) is 4.52. The molecule has 0 amide bonds. The largest absolute Gasteiger partial charge is 0.371 e. The van der Waals surface area contributed by atoms with Gasteiger partial charge in [0.05, 0.1) is 25.1 Å². The van der Waals surface area contributed by atoms with Gasteiger partial charge in [0, 0.05) is 29.9 Å². The highest BCUT2D eigenvalue weighted by atomic mass is 35.5. The lowest BCUT2D eigenvalue weighted by atomic mass is 10.1. The average molecular weight is 372 g/mol. The smallest absolute Gasteiger partial charge is 0.123 e. The molecule has 6 heteroatoms. The Morgan fingerprint density at radius 3 is 2.62 bits per heavy atom. The van der Waals surface area contributed by atoms with Gasteiger partial charge in [-0.3, -0.25) is 9.58 Å². The van der Waals surface area contributed by atoms with Gasteiger partial charge in [0.15, 0.2) is 0 Å². The first-order chi connectivity index (χ1) is 12.7. The highest BCUT2D eigenvalue weighted by Crippen LogP contribution is 2.24. The molecule has 0 radical (unpaired) electrons. The van der Waals surface area contributed by atoms with E-state index in [1.54, 1.807) is 12.1 Å². The van der Waals surface area contributed by atoms with E-state index >= 15 is 0 Å². The normalized spacial score (nSPS) is 18.2. The Morgan fingerprint density at radius 1 is 1.08 bits per heavy atom. The van der Waals surface area contributed by atoms with Crippen LogP contribution in [0.5, 0.6) is 0 Å². The zero-order chi connectivity index (χ0) is 17.9. The number of halogens is 2. The zero-order valence-corrected chi connectivity index (χ0v) is 14.9. The van der Waals surface area contributed by atoms with Gasteiger partial charge in [-0.25, -0.2) is 4.39 Å². The summed E-state index contributed by atoms with van der Waals surface area (Å²) in [5, 5.41) is 5.34. The molecule has 2 heterocycles. The lowest BCUT2D eigenvalue weighted by Crippen LogP contribution is -2.39. The van der Waals surface area contributed by atoms with Crippen LogP contribution in [0.1, 0.15) is 11.7 Å². The second-order valence-corrected chi connectivity index (χ2v) is 6.81. The first-order valence-electron chi connectivity index (χ1n) is 8.56. The number of morpholine rings is 1. The van der Waals surface area contributed by atoms with E-state index in [-0.39, 0.29) is 11.9 Å². The summed E-state index contributed by atoms with van der Waals surface area (Å²) >= 11 is 5.96. The van der Waals surface area contributed by atoms with Crippen LogP contribution >= 0.6 is 11.6 Å². The predicted molar refractivity (Wildman–Crippen MR) is 99.3 cm³/mol. The van der Waals surface area contributed by atoms with Gasteiger partial charge in [0.2, 0.25) is 0 Å². The topological polar surface area (TPSA) is 30.3 Å². The van der Waals surface area contributed by atoms with Crippen LogP contribution in [0.3, 0.4) is 0 Å². The van der Waals surface area contributed by atoms with Gasteiger partial charge >= 0.3 is 0 Å². The Kier molecular flexibility index (Phi) is 5.02. The predicted octanol–water partition coefficient (Wildman–Crippen LogP) is 4.37. The summed E-state index contributed by atoms with van der Waals surface area (Å²) in [5.41, 5.74) is 2.88. The summed E-state index contributed by atoms with van der Waals surface area (Å²) in [6.07, 6.45) is 1.99. The first-order valence-corrected chi connectivity index (χ1v) is 8.94.